The molecule has 4 nitrogen and oxygen atoms in total. The van der Waals surface area contributed by atoms with Crippen LogP contribution in [0, 0.1) is 5.92 Å². The Morgan fingerprint density at radius 3 is 3.06 bits per heavy atom. The van der Waals surface area contributed by atoms with Crippen molar-refractivity contribution in [2.45, 2.75) is 50.7 Å². The van der Waals surface area contributed by atoms with Gasteiger partial charge in [0.25, 0.3) is 5.91 Å². The highest BCUT2D eigenvalue weighted by Gasteiger charge is 2.47. The van der Waals surface area contributed by atoms with E-state index in [2.05, 4.69) is 6.92 Å². The Kier molecular flexibility index (Phi) is 3.32. The van der Waals surface area contributed by atoms with Crippen molar-refractivity contribution in [3.8, 4) is 0 Å². The number of likely N-dealkylation sites (tertiary alicyclic amines) is 1. The highest BCUT2D eigenvalue weighted by atomic mass is 16.5. The number of rotatable bonds is 2. The SMILES string of the molecule is CC[C@@H]1CO[C@@]2(CCN(C(=O)[C@@H]3CCCO3)C2)C1. The van der Waals surface area contributed by atoms with E-state index in [0.29, 0.717) is 5.92 Å². The Bertz CT molecular complexity index is 327. The van der Waals surface area contributed by atoms with Gasteiger partial charge < -0.3 is 14.4 Å². The lowest BCUT2D eigenvalue weighted by Crippen LogP contribution is -2.40. The van der Waals surface area contributed by atoms with E-state index in [-0.39, 0.29) is 17.6 Å². The van der Waals surface area contributed by atoms with Gasteiger partial charge in [0, 0.05) is 19.7 Å². The van der Waals surface area contributed by atoms with Crippen LogP contribution in [0.5, 0.6) is 0 Å². The molecule has 3 aliphatic heterocycles. The zero-order chi connectivity index (χ0) is 12.6. The zero-order valence-electron chi connectivity index (χ0n) is 11.2. The number of nitrogens with zero attached hydrogens (tertiary/aromatic N) is 1. The van der Waals surface area contributed by atoms with Gasteiger partial charge in [-0.3, -0.25) is 4.79 Å². The van der Waals surface area contributed by atoms with Crippen LogP contribution in [0.1, 0.15) is 39.0 Å². The Labute approximate surface area is 109 Å². The van der Waals surface area contributed by atoms with Gasteiger partial charge >= 0.3 is 0 Å². The van der Waals surface area contributed by atoms with Gasteiger partial charge in [-0.1, -0.05) is 13.3 Å². The average molecular weight is 253 g/mol. The van der Waals surface area contributed by atoms with E-state index in [4.69, 9.17) is 9.47 Å². The predicted octanol–water partition coefficient (Wildman–Crippen LogP) is 1.58. The molecule has 0 aromatic carbocycles. The third-order valence-electron chi connectivity index (χ3n) is 4.70. The Morgan fingerprint density at radius 2 is 2.39 bits per heavy atom. The smallest absolute Gasteiger partial charge is 0.251 e. The number of ether oxygens (including phenoxy) is 2. The van der Waals surface area contributed by atoms with Gasteiger partial charge in [0.2, 0.25) is 0 Å². The molecule has 0 radical (unpaired) electrons. The first-order valence-corrected chi connectivity index (χ1v) is 7.27. The predicted molar refractivity (Wildman–Crippen MR) is 67.3 cm³/mol. The molecule has 0 aromatic rings. The van der Waals surface area contributed by atoms with Gasteiger partial charge in [-0.2, -0.15) is 0 Å². The number of carbonyl (C=O) groups is 1. The van der Waals surface area contributed by atoms with Crippen molar-refractivity contribution < 1.29 is 14.3 Å². The van der Waals surface area contributed by atoms with E-state index in [1.807, 2.05) is 4.90 Å². The molecule has 3 rings (SSSR count). The lowest BCUT2D eigenvalue weighted by molar-refractivity contribution is -0.140. The second kappa shape index (κ2) is 4.82. The van der Waals surface area contributed by atoms with Crippen LogP contribution in [0.4, 0.5) is 0 Å². The summed E-state index contributed by atoms with van der Waals surface area (Å²) in [6, 6.07) is 0. The lowest BCUT2D eigenvalue weighted by atomic mass is 9.92. The van der Waals surface area contributed by atoms with Gasteiger partial charge in [0.15, 0.2) is 0 Å². The summed E-state index contributed by atoms with van der Waals surface area (Å²) in [4.78, 5) is 14.3. The van der Waals surface area contributed by atoms with Crippen LogP contribution in [0.3, 0.4) is 0 Å². The van der Waals surface area contributed by atoms with Crippen molar-refractivity contribution in [1.82, 2.24) is 4.90 Å². The van der Waals surface area contributed by atoms with Gasteiger partial charge in [-0.25, -0.2) is 0 Å². The van der Waals surface area contributed by atoms with Crippen molar-refractivity contribution in [2.75, 3.05) is 26.3 Å². The zero-order valence-corrected chi connectivity index (χ0v) is 11.2. The maximum Gasteiger partial charge on any atom is 0.251 e. The second-order valence-corrected chi connectivity index (χ2v) is 5.98. The third-order valence-corrected chi connectivity index (χ3v) is 4.70. The molecule has 3 atom stereocenters. The summed E-state index contributed by atoms with van der Waals surface area (Å²) in [6.45, 7) is 5.46. The van der Waals surface area contributed by atoms with Gasteiger partial charge in [0.1, 0.15) is 6.10 Å². The molecule has 0 N–H and O–H groups in total. The maximum absolute atomic E-state index is 12.3. The standard InChI is InChI=1S/C14H23NO3/c1-2-11-8-14(18-9-11)5-6-15(10-14)13(16)12-4-3-7-17-12/h11-12H,2-10H2,1H3/t11-,12-,14-/m0/s1. The average Bonchev–Trinajstić information content (AvgIpc) is 3.10. The Balaban J connectivity index is 1.59. The quantitative estimate of drug-likeness (QED) is 0.750. The molecule has 0 unspecified atom stereocenters. The van der Waals surface area contributed by atoms with Crippen molar-refractivity contribution >= 4 is 5.91 Å². The van der Waals surface area contributed by atoms with Crippen LogP contribution >= 0.6 is 0 Å². The summed E-state index contributed by atoms with van der Waals surface area (Å²) in [5.41, 5.74) is -0.0328. The fourth-order valence-electron chi connectivity index (χ4n) is 3.49. The fraction of sp³-hybridized carbons (Fsp3) is 0.929. The summed E-state index contributed by atoms with van der Waals surface area (Å²) < 4.78 is 11.5. The summed E-state index contributed by atoms with van der Waals surface area (Å²) in [6.07, 6.45) is 5.04. The molecule has 1 spiro atoms. The molecule has 0 aromatic heterocycles. The van der Waals surface area contributed by atoms with E-state index in [1.54, 1.807) is 0 Å². The number of carbonyl (C=O) groups excluding carboxylic acids is 1. The molecule has 4 heteroatoms. The largest absolute Gasteiger partial charge is 0.373 e. The van der Waals surface area contributed by atoms with Crippen LogP contribution < -0.4 is 0 Å². The van der Waals surface area contributed by atoms with E-state index < -0.39 is 0 Å². The molecule has 3 saturated heterocycles. The second-order valence-electron chi connectivity index (χ2n) is 5.98. The van der Waals surface area contributed by atoms with Crippen LogP contribution in [0.25, 0.3) is 0 Å². The van der Waals surface area contributed by atoms with Gasteiger partial charge in [-0.05, 0) is 31.6 Å². The minimum Gasteiger partial charge on any atom is -0.373 e. The molecule has 18 heavy (non-hydrogen) atoms. The first-order chi connectivity index (χ1) is 8.72. The summed E-state index contributed by atoms with van der Waals surface area (Å²) in [5.74, 6) is 0.871. The molecule has 0 aliphatic carbocycles. The normalized spacial score (nSPS) is 39.9. The van der Waals surface area contributed by atoms with E-state index >= 15 is 0 Å². The molecule has 1 amide bonds. The van der Waals surface area contributed by atoms with Crippen molar-refractivity contribution in [3.63, 3.8) is 0 Å². The van der Waals surface area contributed by atoms with Crippen molar-refractivity contribution in [1.29, 1.82) is 0 Å². The monoisotopic (exact) mass is 253 g/mol. The first-order valence-electron chi connectivity index (χ1n) is 7.27. The van der Waals surface area contributed by atoms with Gasteiger partial charge in [-0.15, -0.1) is 0 Å². The summed E-state index contributed by atoms with van der Waals surface area (Å²) in [5, 5.41) is 0. The molecular formula is C14H23NO3. The number of hydrogen-bond acceptors (Lipinski definition) is 3. The molecule has 3 aliphatic rings. The molecule has 102 valence electrons. The molecule has 3 fully saturated rings. The van der Waals surface area contributed by atoms with Crippen molar-refractivity contribution in [3.05, 3.63) is 0 Å². The first kappa shape index (κ1) is 12.4. The van der Waals surface area contributed by atoms with Crippen LogP contribution in [0.2, 0.25) is 0 Å². The number of amides is 1. The molecule has 3 heterocycles. The summed E-state index contributed by atoms with van der Waals surface area (Å²) >= 11 is 0. The summed E-state index contributed by atoms with van der Waals surface area (Å²) in [7, 11) is 0. The minimum absolute atomic E-state index is 0.0328. The minimum atomic E-state index is -0.177. The molecular weight excluding hydrogens is 230 g/mol. The fourth-order valence-corrected chi connectivity index (χ4v) is 3.49. The van der Waals surface area contributed by atoms with Gasteiger partial charge in [0.05, 0.1) is 12.2 Å². The lowest BCUT2D eigenvalue weighted by Gasteiger charge is -2.24. The van der Waals surface area contributed by atoms with Crippen molar-refractivity contribution in [2.24, 2.45) is 5.92 Å². The van der Waals surface area contributed by atoms with E-state index in [1.165, 1.54) is 6.42 Å². The maximum atomic E-state index is 12.3. The Hall–Kier alpha value is -0.610. The topological polar surface area (TPSA) is 38.8 Å². The van der Waals surface area contributed by atoms with E-state index in [0.717, 1.165) is 52.0 Å². The highest BCUT2D eigenvalue weighted by molar-refractivity contribution is 5.81. The van der Waals surface area contributed by atoms with Crippen LogP contribution in [-0.4, -0.2) is 48.8 Å². The number of hydrogen-bond donors (Lipinski definition) is 0. The molecule has 0 bridgehead atoms. The van der Waals surface area contributed by atoms with Crippen LogP contribution in [-0.2, 0) is 14.3 Å². The highest BCUT2D eigenvalue weighted by Crippen LogP contribution is 2.39. The molecule has 0 saturated carbocycles. The van der Waals surface area contributed by atoms with E-state index in [9.17, 15) is 4.79 Å². The van der Waals surface area contributed by atoms with Crippen LogP contribution in [0.15, 0.2) is 0 Å². The Morgan fingerprint density at radius 1 is 1.50 bits per heavy atom. The third kappa shape index (κ3) is 2.16.